The van der Waals surface area contributed by atoms with E-state index in [-0.39, 0.29) is 6.10 Å². The molecular weight excluding hydrogens is 270 g/mol. The quantitative estimate of drug-likeness (QED) is 0.827. The van der Waals surface area contributed by atoms with E-state index < -0.39 is 0 Å². The van der Waals surface area contributed by atoms with E-state index in [2.05, 4.69) is 11.6 Å². The minimum atomic E-state index is -0.0944. The summed E-state index contributed by atoms with van der Waals surface area (Å²) in [5.74, 6) is 0.656. The van der Waals surface area contributed by atoms with E-state index in [1.165, 1.54) is 0 Å². The fraction of sp³-hybridized carbons (Fsp3) is 0.118. The molecule has 20 heavy (non-hydrogen) atoms. The first-order valence-electron chi connectivity index (χ1n) is 6.45. The molecule has 0 spiro atoms. The second-order valence-corrected chi connectivity index (χ2v) is 5.09. The first kappa shape index (κ1) is 12.9. The van der Waals surface area contributed by atoms with E-state index in [1.807, 2.05) is 54.6 Å². The van der Waals surface area contributed by atoms with Crippen molar-refractivity contribution in [3.63, 3.8) is 0 Å². The number of ether oxygens (including phenoxy) is 1. The Balaban J connectivity index is 1.73. The average Bonchev–Trinajstić information content (AvgIpc) is 2.98. The molecule has 0 aliphatic carbocycles. The number of benzene rings is 2. The Morgan fingerprint density at radius 1 is 1.10 bits per heavy atom. The van der Waals surface area contributed by atoms with Crippen LogP contribution < -0.4 is 0 Å². The van der Waals surface area contributed by atoms with Gasteiger partial charge in [-0.25, -0.2) is 4.99 Å². The zero-order chi connectivity index (χ0) is 13.9. The van der Waals surface area contributed by atoms with Gasteiger partial charge in [0.1, 0.15) is 6.10 Å². The Labute approximate surface area is 123 Å². The zero-order valence-electron chi connectivity index (χ0n) is 10.9. The van der Waals surface area contributed by atoms with Gasteiger partial charge in [-0.2, -0.15) is 0 Å². The number of hydrogen-bond acceptors (Lipinski definition) is 2. The molecule has 3 rings (SSSR count). The molecule has 1 heterocycles. The van der Waals surface area contributed by atoms with Crippen LogP contribution in [0.1, 0.15) is 11.1 Å². The normalized spacial score (nSPS) is 17.4. The van der Waals surface area contributed by atoms with Crippen LogP contribution in [0.25, 0.3) is 5.57 Å². The molecule has 2 nitrogen and oxygen atoms in total. The van der Waals surface area contributed by atoms with E-state index in [0.29, 0.717) is 17.5 Å². The Kier molecular flexibility index (Phi) is 3.57. The molecule has 1 aliphatic rings. The van der Waals surface area contributed by atoms with Gasteiger partial charge in [0.05, 0.1) is 6.54 Å². The van der Waals surface area contributed by atoms with Crippen LogP contribution in [0, 0.1) is 0 Å². The van der Waals surface area contributed by atoms with Crippen LogP contribution in [-0.2, 0) is 4.74 Å². The lowest BCUT2D eigenvalue weighted by molar-refractivity contribution is 0.284. The van der Waals surface area contributed by atoms with E-state index in [4.69, 9.17) is 16.3 Å². The van der Waals surface area contributed by atoms with Crippen LogP contribution in [0.4, 0.5) is 0 Å². The molecule has 100 valence electrons. The largest absolute Gasteiger partial charge is 0.467 e. The molecule has 0 amide bonds. The third-order valence-corrected chi connectivity index (χ3v) is 3.53. The van der Waals surface area contributed by atoms with Gasteiger partial charge in [-0.1, -0.05) is 48.5 Å². The maximum Gasteiger partial charge on any atom is 0.216 e. The summed E-state index contributed by atoms with van der Waals surface area (Å²) < 4.78 is 5.91. The number of nitrogens with zero attached hydrogens (tertiary/aromatic N) is 1. The van der Waals surface area contributed by atoms with Crippen molar-refractivity contribution in [2.75, 3.05) is 6.54 Å². The van der Waals surface area contributed by atoms with Gasteiger partial charge in [-0.05, 0) is 35.4 Å². The van der Waals surface area contributed by atoms with Crippen molar-refractivity contribution in [2.45, 2.75) is 6.10 Å². The molecule has 0 saturated heterocycles. The highest BCUT2D eigenvalue weighted by Crippen LogP contribution is 2.24. The first-order valence-corrected chi connectivity index (χ1v) is 6.83. The lowest BCUT2D eigenvalue weighted by Crippen LogP contribution is -2.15. The highest BCUT2D eigenvalue weighted by atomic mass is 35.5. The summed E-state index contributed by atoms with van der Waals surface area (Å²) in [6.45, 7) is 4.73. The molecule has 2 aromatic carbocycles. The Morgan fingerprint density at radius 2 is 1.80 bits per heavy atom. The Hall–Kier alpha value is -2.06. The second kappa shape index (κ2) is 5.51. The topological polar surface area (TPSA) is 21.6 Å². The first-order chi connectivity index (χ1) is 9.74. The number of halogens is 1. The summed E-state index contributed by atoms with van der Waals surface area (Å²) in [7, 11) is 0. The molecule has 1 aliphatic heterocycles. The highest BCUT2D eigenvalue weighted by molar-refractivity contribution is 6.30. The smallest absolute Gasteiger partial charge is 0.216 e. The zero-order valence-corrected chi connectivity index (χ0v) is 11.7. The number of rotatable bonds is 3. The maximum atomic E-state index is 5.91. The van der Waals surface area contributed by atoms with Gasteiger partial charge in [0.15, 0.2) is 0 Å². The van der Waals surface area contributed by atoms with Gasteiger partial charge in [0.25, 0.3) is 0 Å². The average molecular weight is 284 g/mol. The van der Waals surface area contributed by atoms with Gasteiger partial charge >= 0.3 is 0 Å². The summed E-state index contributed by atoms with van der Waals surface area (Å²) in [5, 5.41) is 0.706. The third-order valence-electron chi connectivity index (χ3n) is 3.28. The number of hydrogen-bond donors (Lipinski definition) is 0. The summed E-state index contributed by atoms with van der Waals surface area (Å²) in [6.07, 6.45) is -0.0944. The second-order valence-electron chi connectivity index (χ2n) is 4.65. The molecule has 0 radical (unpaired) electrons. The van der Waals surface area contributed by atoms with Crippen LogP contribution in [0.2, 0.25) is 5.02 Å². The fourth-order valence-electron chi connectivity index (χ4n) is 2.15. The summed E-state index contributed by atoms with van der Waals surface area (Å²) in [5.41, 5.74) is 2.99. The monoisotopic (exact) mass is 283 g/mol. The molecule has 0 aromatic heterocycles. The van der Waals surface area contributed by atoms with Crippen molar-refractivity contribution in [3.05, 3.63) is 77.3 Å². The van der Waals surface area contributed by atoms with E-state index >= 15 is 0 Å². The Bertz CT molecular complexity index is 646. The minimum Gasteiger partial charge on any atom is -0.467 e. The Morgan fingerprint density at radius 3 is 2.50 bits per heavy atom. The van der Waals surface area contributed by atoms with Crippen LogP contribution in [0.15, 0.2) is 66.2 Å². The maximum absolute atomic E-state index is 5.91. The van der Waals surface area contributed by atoms with Gasteiger partial charge < -0.3 is 4.74 Å². The molecular formula is C17H14ClNO. The molecule has 2 aromatic rings. The summed E-state index contributed by atoms with van der Waals surface area (Å²) in [4.78, 5) is 4.45. The molecule has 0 bridgehead atoms. The SMILES string of the molecule is C=C(c1ccccc1)C1CN=C(c2ccc(Cl)cc2)O1. The lowest BCUT2D eigenvalue weighted by Gasteiger charge is -2.14. The van der Waals surface area contributed by atoms with Crippen molar-refractivity contribution >= 4 is 23.1 Å². The van der Waals surface area contributed by atoms with E-state index in [0.717, 1.165) is 16.7 Å². The molecule has 1 atom stereocenters. The van der Waals surface area contributed by atoms with Crippen molar-refractivity contribution in [3.8, 4) is 0 Å². The van der Waals surface area contributed by atoms with Crippen LogP contribution in [0.5, 0.6) is 0 Å². The van der Waals surface area contributed by atoms with Crippen molar-refractivity contribution in [1.82, 2.24) is 0 Å². The minimum absolute atomic E-state index is 0.0944. The summed E-state index contributed by atoms with van der Waals surface area (Å²) >= 11 is 5.88. The van der Waals surface area contributed by atoms with Crippen LogP contribution in [0.3, 0.4) is 0 Å². The van der Waals surface area contributed by atoms with E-state index in [1.54, 1.807) is 0 Å². The predicted molar refractivity (Wildman–Crippen MR) is 83.2 cm³/mol. The van der Waals surface area contributed by atoms with Gasteiger partial charge in [0.2, 0.25) is 5.90 Å². The lowest BCUT2D eigenvalue weighted by atomic mass is 10.0. The molecule has 3 heteroatoms. The molecule has 0 N–H and O–H groups in total. The predicted octanol–water partition coefficient (Wildman–Crippen LogP) is 4.20. The van der Waals surface area contributed by atoms with Gasteiger partial charge in [0, 0.05) is 10.6 Å². The van der Waals surface area contributed by atoms with Crippen molar-refractivity contribution < 1.29 is 4.74 Å². The standard InChI is InChI=1S/C17H14ClNO/c1-12(13-5-3-2-4-6-13)16-11-19-17(20-16)14-7-9-15(18)10-8-14/h2-10,16H,1,11H2. The van der Waals surface area contributed by atoms with Crippen molar-refractivity contribution in [1.29, 1.82) is 0 Å². The third kappa shape index (κ3) is 2.61. The van der Waals surface area contributed by atoms with E-state index in [9.17, 15) is 0 Å². The fourth-order valence-corrected chi connectivity index (χ4v) is 2.27. The van der Waals surface area contributed by atoms with Crippen LogP contribution in [-0.4, -0.2) is 18.5 Å². The van der Waals surface area contributed by atoms with Gasteiger partial charge in [-0.3, -0.25) is 0 Å². The highest BCUT2D eigenvalue weighted by Gasteiger charge is 2.24. The molecule has 1 unspecified atom stereocenters. The number of aliphatic imine (C=N–C) groups is 1. The van der Waals surface area contributed by atoms with Crippen molar-refractivity contribution in [2.24, 2.45) is 4.99 Å². The summed E-state index contributed by atoms with van der Waals surface area (Å²) in [6, 6.07) is 17.5. The van der Waals surface area contributed by atoms with Gasteiger partial charge in [-0.15, -0.1) is 0 Å². The molecule has 0 fully saturated rings. The molecule has 0 saturated carbocycles. The van der Waals surface area contributed by atoms with Crippen LogP contribution >= 0.6 is 11.6 Å².